The number of hydrogen-bond acceptors (Lipinski definition) is 2. The van der Waals surface area contributed by atoms with Gasteiger partial charge < -0.3 is 4.74 Å². The highest BCUT2D eigenvalue weighted by Gasteiger charge is 2.18. The maximum atomic E-state index is 13.2. The molecule has 1 aromatic carbocycles. The summed E-state index contributed by atoms with van der Waals surface area (Å²) in [5, 5.41) is 0. The first kappa shape index (κ1) is 13.3. The summed E-state index contributed by atoms with van der Waals surface area (Å²) in [5.74, 6) is -0.647. The Morgan fingerprint density at radius 2 is 2.25 bits per heavy atom. The van der Waals surface area contributed by atoms with Gasteiger partial charge in [-0.1, -0.05) is 19.1 Å². The Hall–Kier alpha value is -0.740. The van der Waals surface area contributed by atoms with E-state index < -0.39 is 5.82 Å². The minimum absolute atomic E-state index is 0.0663. The number of carbonyl (C=O) groups excluding carboxylic acids is 1. The van der Waals surface area contributed by atoms with E-state index >= 15 is 0 Å². The molecule has 0 radical (unpaired) electrons. The molecule has 1 rings (SSSR count). The van der Waals surface area contributed by atoms with Crippen LogP contribution in [-0.4, -0.2) is 19.5 Å². The highest BCUT2D eigenvalue weighted by atomic mass is 79.9. The average molecular weight is 289 g/mol. The number of ketones is 1. The van der Waals surface area contributed by atoms with Crippen molar-refractivity contribution in [3.63, 3.8) is 0 Å². The molecule has 0 N–H and O–H groups in total. The third-order valence-corrected chi connectivity index (χ3v) is 3.23. The first-order valence-corrected chi connectivity index (χ1v) is 5.84. The van der Waals surface area contributed by atoms with Gasteiger partial charge in [-0.2, -0.15) is 0 Å². The van der Waals surface area contributed by atoms with Crippen LogP contribution in [0.5, 0.6) is 0 Å². The smallest absolute Gasteiger partial charge is 0.166 e. The first-order chi connectivity index (χ1) is 7.57. The summed E-state index contributed by atoms with van der Waals surface area (Å²) in [6.07, 6.45) is 0.637. The van der Waals surface area contributed by atoms with E-state index in [2.05, 4.69) is 15.9 Å². The van der Waals surface area contributed by atoms with Crippen molar-refractivity contribution in [3.8, 4) is 0 Å². The van der Waals surface area contributed by atoms with Gasteiger partial charge in [0.15, 0.2) is 5.78 Å². The molecular formula is C12H14BrFO2. The van der Waals surface area contributed by atoms with Gasteiger partial charge in [0, 0.05) is 25.2 Å². The summed E-state index contributed by atoms with van der Waals surface area (Å²) in [6, 6.07) is 4.48. The molecule has 0 heterocycles. The average Bonchev–Trinajstić information content (AvgIpc) is 2.28. The van der Waals surface area contributed by atoms with Gasteiger partial charge in [0.25, 0.3) is 0 Å². The molecule has 0 amide bonds. The lowest BCUT2D eigenvalue weighted by Gasteiger charge is -2.11. The highest BCUT2D eigenvalue weighted by Crippen LogP contribution is 2.23. The van der Waals surface area contributed by atoms with Crippen LogP contribution in [0.2, 0.25) is 0 Å². The second kappa shape index (κ2) is 6.11. The van der Waals surface area contributed by atoms with Crippen LogP contribution in [-0.2, 0) is 4.74 Å². The monoisotopic (exact) mass is 288 g/mol. The van der Waals surface area contributed by atoms with Crippen molar-refractivity contribution >= 4 is 21.7 Å². The number of benzene rings is 1. The zero-order chi connectivity index (χ0) is 12.1. The van der Waals surface area contributed by atoms with Gasteiger partial charge in [0.1, 0.15) is 5.82 Å². The third kappa shape index (κ3) is 3.12. The molecule has 1 unspecified atom stereocenters. The minimum Gasteiger partial charge on any atom is -0.385 e. The quantitative estimate of drug-likeness (QED) is 0.776. The molecule has 88 valence electrons. The van der Waals surface area contributed by atoms with Gasteiger partial charge >= 0.3 is 0 Å². The van der Waals surface area contributed by atoms with Crippen LogP contribution in [0.4, 0.5) is 4.39 Å². The summed E-state index contributed by atoms with van der Waals surface area (Å²) in [6.45, 7) is 2.35. The zero-order valence-corrected chi connectivity index (χ0v) is 10.9. The maximum Gasteiger partial charge on any atom is 0.166 e. The number of hydrogen-bond donors (Lipinski definition) is 0. The predicted molar refractivity (Wildman–Crippen MR) is 64.1 cm³/mol. The Labute approximate surface area is 103 Å². The van der Waals surface area contributed by atoms with E-state index in [9.17, 15) is 9.18 Å². The minimum atomic E-state index is -0.412. The van der Waals surface area contributed by atoms with Gasteiger partial charge in [0.05, 0.1) is 4.47 Å². The second-order valence-electron chi connectivity index (χ2n) is 3.65. The maximum absolute atomic E-state index is 13.2. The molecule has 16 heavy (non-hydrogen) atoms. The van der Waals surface area contributed by atoms with Crippen LogP contribution in [0.3, 0.4) is 0 Å². The molecule has 1 aromatic rings. The van der Waals surface area contributed by atoms with E-state index in [4.69, 9.17) is 4.74 Å². The van der Waals surface area contributed by atoms with Crippen molar-refractivity contribution in [2.75, 3.05) is 13.7 Å². The molecule has 0 saturated carbocycles. The fourth-order valence-electron chi connectivity index (χ4n) is 1.39. The molecule has 0 saturated heterocycles. The predicted octanol–water partition coefficient (Wildman–Crippen LogP) is 3.44. The topological polar surface area (TPSA) is 26.3 Å². The van der Waals surface area contributed by atoms with E-state index in [1.54, 1.807) is 13.2 Å². The summed E-state index contributed by atoms with van der Waals surface area (Å²) in [4.78, 5) is 12.0. The van der Waals surface area contributed by atoms with Gasteiger partial charge in [-0.3, -0.25) is 4.79 Å². The summed E-state index contributed by atoms with van der Waals surface area (Å²) in [7, 11) is 1.59. The molecule has 1 atom stereocenters. The van der Waals surface area contributed by atoms with E-state index in [0.717, 1.165) is 0 Å². The Morgan fingerprint density at radius 3 is 2.88 bits per heavy atom. The first-order valence-electron chi connectivity index (χ1n) is 5.05. The Balaban J connectivity index is 2.84. The molecule has 0 fully saturated rings. The molecule has 0 aromatic heterocycles. The lowest BCUT2D eigenvalue weighted by atomic mass is 9.97. The van der Waals surface area contributed by atoms with Crippen molar-refractivity contribution in [2.45, 2.75) is 13.3 Å². The Kier molecular flexibility index (Phi) is 5.09. The second-order valence-corrected chi connectivity index (χ2v) is 4.44. The van der Waals surface area contributed by atoms with E-state index in [1.807, 2.05) is 6.92 Å². The van der Waals surface area contributed by atoms with Gasteiger partial charge in [0.2, 0.25) is 0 Å². The van der Waals surface area contributed by atoms with Crippen molar-refractivity contribution in [2.24, 2.45) is 5.92 Å². The Morgan fingerprint density at radius 1 is 1.56 bits per heavy atom. The largest absolute Gasteiger partial charge is 0.385 e. The van der Waals surface area contributed by atoms with Crippen LogP contribution in [0.15, 0.2) is 22.7 Å². The number of ether oxygens (including phenoxy) is 1. The van der Waals surface area contributed by atoms with Gasteiger partial charge in [-0.15, -0.1) is 0 Å². The van der Waals surface area contributed by atoms with Crippen LogP contribution in [0, 0.1) is 11.7 Å². The molecule has 0 aliphatic rings. The SMILES string of the molecule is COCCC(C)C(=O)c1cccc(F)c1Br. The van der Waals surface area contributed by atoms with Gasteiger partial charge in [-0.25, -0.2) is 4.39 Å². The normalized spacial score (nSPS) is 12.5. The fraction of sp³-hybridized carbons (Fsp3) is 0.417. The lowest BCUT2D eigenvalue weighted by Crippen LogP contribution is -2.14. The molecule has 0 bridgehead atoms. The van der Waals surface area contributed by atoms with Crippen molar-refractivity contribution < 1.29 is 13.9 Å². The molecule has 2 nitrogen and oxygen atoms in total. The third-order valence-electron chi connectivity index (χ3n) is 2.42. The summed E-state index contributed by atoms with van der Waals surface area (Å²) < 4.78 is 18.4. The van der Waals surface area contributed by atoms with Gasteiger partial charge in [-0.05, 0) is 28.4 Å². The number of rotatable bonds is 5. The number of carbonyl (C=O) groups is 1. The fourth-order valence-corrected chi connectivity index (χ4v) is 1.85. The Bertz CT molecular complexity index is 379. The molecule has 0 aliphatic carbocycles. The van der Waals surface area contributed by atoms with E-state index in [0.29, 0.717) is 18.6 Å². The van der Waals surface area contributed by atoms with Crippen molar-refractivity contribution in [1.29, 1.82) is 0 Å². The van der Waals surface area contributed by atoms with Crippen LogP contribution < -0.4 is 0 Å². The van der Waals surface area contributed by atoms with Crippen molar-refractivity contribution in [3.05, 3.63) is 34.1 Å². The lowest BCUT2D eigenvalue weighted by molar-refractivity contribution is 0.0892. The van der Waals surface area contributed by atoms with Crippen molar-refractivity contribution in [1.82, 2.24) is 0 Å². The van der Waals surface area contributed by atoms with Crippen LogP contribution >= 0.6 is 15.9 Å². The summed E-state index contributed by atoms with van der Waals surface area (Å²) in [5.41, 5.74) is 0.392. The zero-order valence-electron chi connectivity index (χ0n) is 9.30. The molecule has 4 heteroatoms. The molecule has 0 spiro atoms. The number of halogens is 2. The summed E-state index contributed by atoms with van der Waals surface area (Å²) >= 11 is 3.09. The molecular weight excluding hydrogens is 275 g/mol. The van der Waals surface area contributed by atoms with E-state index in [1.165, 1.54) is 12.1 Å². The standard InChI is InChI=1S/C12H14BrFO2/c1-8(6-7-16-2)12(15)9-4-3-5-10(14)11(9)13/h3-5,8H,6-7H2,1-2H3. The van der Waals surface area contributed by atoms with Crippen LogP contribution in [0.1, 0.15) is 23.7 Å². The van der Waals surface area contributed by atoms with E-state index in [-0.39, 0.29) is 16.2 Å². The van der Waals surface area contributed by atoms with Crippen LogP contribution in [0.25, 0.3) is 0 Å². The number of Topliss-reactive ketones (excluding diaryl/α,β-unsaturated/α-hetero) is 1. The molecule has 0 aliphatic heterocycles. The highest BCUT2D eigenvalue weighted by molar-refractivity contribution is 9.10. The number of methoxy groups -OCH3 is 1.